The third-order valence-corrected chi connectivity index (χ3v) is 5.51. The molecule has 3 unspecified atom stereocenters. The minimum absolute atomic E-state index is 0.255. The van der Waals surface area contributed by atoms with Crippen molar-refractivity contribution < 1.29 is 0 Å². The van der Waals surface area contributed by atoms with Crippen LogP contribution in [0.15, 0.2) is 0 Å². The molecule has 0 bridgehead atoms. The average molecular weight is 258 g/mol. The van der Waals surface area contributed by atoms with E-state index in [0.717, 1.165) is 17.7 Å². The van der Waals surface area contributed by atoms with E-state index in [9.17, 15) is 0 Å². The first-order valence-corrected chi connectivity index (χ1v) is 8.19. The third kappa shape index (κ3) is 3.87. The van der Waals surface area contributed by atoms with Gasteiger partial charge < -0.3 is 5.73 Å². The second-order valence-electron chi connectivity index (χ2n) is 5.63. The van der Waals surface area contributed by atoms with Gasteiger partial charge in [0.25, 0.3) is 0 Å². The molecule has 0 amide bonds. The van der Waals surface area contributed by atoms with Gasteiger partial charge in [0.05, 0.1) is 0 Å². The van der Waals surface area contributed by atoms with Crippen LogP contribution in [-0.2, 0) is 0 Å². The molecule has 3 atom stereocenters. The van der Waals surface area contributed by atoms with Crippen molar-refractivity contribution in [2.75, 3.05) is 25.4 Å². The van der Waals surface area contributed by atoms with Gasteiger partial charge in [0.2, 0.25) is 0 Å². The maximum Gasteiger partial charge on any atom is 0.0332 e. The van der Waals surface area contributed by atoms with E-state index in [1.165, 1.54) is 38.1 Å². The monoisotopic (exact) mass is 258 g/mol. The minimum Gasteiger partial charge on any atom is -0.329 e. The van der Waals surface area contributed by atoms with Gasteiger partial charge in [-0.3, -0.25) is 4.90 Å². The van der Waals surface area contributed by atoms with Crippen LogP contribution in [0.2, 0.25) is 0 Å². The number of rotatable bonds is 6. The van der Waals surface area contributed by atoms with Crippen molar-refractivity contribution in [1.82, 2.24) is 4.90 Å². The smallest absolute Gasteiger partial charge is 0.0332 e. The largest absolute Gasteiger partial charge is 0.329 e. The zero-order valence-electron chi connectivity index (χ0n) is 12.0. The highest BCUT2D eigenvalue weighted by Gasteiger charge is 2.36. The van der Waals surface area contributed by atoms with E-state index in [4.69, 9.17) is 5.73 Å². The van der Waals surface area contributed by atoms with Crippen molar-refractivity contribution in [3.8, 4) is 0 Å². The number of nitrogens with two attached hydrogens (primary N) is 1. The van der Waals surface area contributed by atoms with Crippen LogP contribution in [0.25, 0.3) is 0 Å². The Bertz CT molecular complexity index is 216. The van der Waals surface area contributed by atoms with Crippen LogP contribution < -0.4 is 5.73 Å². The molecule has 0 radical (unpaired) electrons. The number of nitrogens with zero attached hydrogens (tertiary/aromatic N) is 1. The SMILES string of the molecule is CCC(C)CC(CC)(CN)N1CCSC(C)C1. The Morgan fingerprint density at radius 3 is 2.65 bits per heavy atom. The lowest BCUT2D eigenvalue weighted by atomic mass is 9.83. The summed E-state index contributed by atoms with van der Waals surface area (Å²) in [5.41, 5.74) is 6.40. The molecule has 1 rings (SSSR count). The Morgan fingerprint density at radius 1 is 1.47 bits per heavy atom. The van der Waals surface area contributed by atoms with Crippen molar-refractivity contribution >= 4 is 11.8 Å². The van der Waals surface area contributed by atoms with Gasteiger partial charge in [-0.05, 0) is 18.8 Å². The number of hydrogen-bond acceptors (Lipinski definition) is 3. The fourth-order valence-corrected chi connectivity index (χ4v) is 3.91. The molecule has 102 valence electrons. The first-order chi connectivity index (χ1) is 8.07. The lowest BCUT2D eigenvalue weighted by Crippen LogP contribution is -2.58. The van der Waals surface area contributed by atoms with Crippen LogP contribution >= 0.6 is 11.8 Å². The summed E-state index contributed by atoms with van der Waals surface area (Å²) < 4.78 is 0. The highest BCUT2D eigenvalue weighted by Crippen LogP contribution is 2.32. The molecule has 1 fully saturated rings. The molecular formula is C14H30N2S. The second kappa shape index (κ2) is 7.01. The van der Waals surface area contributed by atoms with E-state index in [1.54, 1.807) is 0 Å². The molecule has 2 nitrogen and oxygen atoms in total. The molecular weight excluding hydrogens is 228 g/mol. The summed E-state index contributed by atoms with van der Waals surface area (Å²) in [5, 5.41) is 0.762. The van der Waals surface area contributed by atoms with E-state index >= 15 is 0 Å². The van der Waals surface area contributed by atoms with E-state index in [0.29, 0.717) is 0 Å². The average Bonchev–Trinajstić information content (AvgIpc) is 2.35. The van der Waals surface area contributed by atoms with E-state index in [2.05, 4.69) is 44.4 Å². The van der Waals surface area contributed by atoms with Gasteiger partial charge in [0, 0.05) is 36.2 Å². The maximum atomic E-state index is 6.15. The van der Waals surface area contributed by atoms with Crippen molar-refractivity contribution in [2.45, 2.75) is 57.7 Å². The van der Waals surface area contributed by atoms with Gasteiger partial charge in [-0.2, -0.15) is 11.8 Å². The van der Waals surface area contributed by atoms with Crippen LogP contribution in [0.4, 0.5) is 0 Å². The predicted octanol–water partition coefficient (Wildman–Crippen LogP) is 2.97. The summed E-state index contributed by atoms with van der Waals surface area (Å²) in [6, 6.07) is 0. The number of hydrogen-bond donors (Lipinski definition) is 1. The van der Waals surface area contributed by atoms with Crippen LogP contribution in [-0.4, -0.2) is 41.1 Å². The summed E-state index contributed by atoms with van der Waals surface area (Å²) in [7, 11) is 0. The highest BCUT2D eigenvalue weighted by molar-refractivity contribution is 7.99. The summed E-state index contributed by atoms with van der Waals surface area (Å²) in [5.74, 6) is 2.05. The summed E-state index contributed by atoms with van der Waals surface area (Å²) in [6.45, 7) is 12.5. The van der Waals surface area contributed by atoms with E-state index in [-0.39, 0.29) is 5.54 Å². The molecule has 1 saturated heterocycles. The Hall–Kier alpha value is 0.270. The maximum absolute atomic E-state index is 6.15. The quantitative estimate of drug-likeness (QED) is 0.794. The summed E-state index contributed by atoms with van der Waals surface area (Å²) >= 11 is 2.10. The summed E-state index contributed by atoms with van der Waals surface area (Å²) in [6.07, 6.45) is 3.71. The van der Waals surface area contributed by atoms with Crippen LogP contribution in [0.5, 0.6) is 0 Å². The van der Waals surface area contributed by atoms with E-state index in [1.807, 2.05) is 0 Å². The van der Waals surface area contributed by atoms with Crippen molar-refractivity contribution in [1.29, 1.82) is 0 Å². The molecule has 0 aromatic carbocycles. The molecule has 3 heteroatoms. The van der Waals surface area contributed by atoms with Gasteiger partial charge in [0.1, 0.15) is 0 Å². The molecule has 1 aliphatic rings. The van der Waals surface area contributed by atoms with Gasteiger partial charge >= 0.3 is 0 Å². The van der Waals surface area contributed by atoms with Gasteiger partial charge in [-0.1, -0.05) is 34.1 Å². The first-order valence-electron chi connectivity index (χ1n) is 7.14. The zero-order valence-corrected chi connectivity index (χ0v) is 12.9. The van der Waals surface area contributed by atoms with Crippen LogP contribution in [0, 0.1) is 5.92 Å². The lowest BCUT2D eigenvalue weighted by molar-refractivity contribution is 0.0702. The lowest BCUT2D eigenvalue weighted by Gasteiger charge is -2.47. The van der Waals surface area contributed by atoms with Crippen LogP contribution in [0.3, 0.4) is 0 Å². The predicted molar refractivity (Wildman–Crippen MR) is 79.6 cm³/mol. The Balaban J connectivity index is 2.74. The Labute approximate surface area is 112 Å². The standard InChI is InChI=1S/C14H30N2S/c1-5-12(3)9-14(6-2,11-15)16-7-8-17-13(4)10-16/h12-13H,5-11,15H2,1-4H3. The second-order valence-corrected chi connectivity index (χ2v) is 7.17. The van der Waals surface area contributed by atoms with Crippen molar-refractivity contribution in [3.05, 3.63) is 0 Å². The molecule has 1 aliphatic heterocycles. The third-order valence-electron chi connectivity index (χ3n) is 4.38. The van der Waals surface area contributed by atoms with Gasteiger partial charge in [0.15, 0.2) is 0 Å². The van der Waals surface area contributed by atoms with Crippen LogP contribution in [0.1, 0.15) is 47.0 Å². The molecule has 0 saturated carbocycles. The summed E-state index contributed by atoms with van der Waals surface area (Å²) in [4.78, 5) is 2.68. The fourth-order valence-electron chi connectivity index (χ4n) is 2.90. The Morgan fingerprint density at radius 2 is 2.18 bits per heavy atom. The topological polar surface area (TPSA) is 29.3 Å². The van der Waals surface area contributed by atoms with E-state index < -0.39 is 0 Å². The fraction of sp³-hybridized carbons (Fsp3) is 1.00. The molecule has 1 heterocycles. The zero-order chi connectivity index (χ0) is 12.9. The van der Waals surface area contributed by atoms with Crippen molar-refractivity contribution in [2.24, 2.45) is 11.7 Å². The molecule has 0 aromatic heterocycles. The molecule has 17 heavy (non-hydrogen) atoms. The first kappa shape index (κ1) is 15.3. The molecule has 2 N–H and O–H groups in total. The Kier molecular flexibility index (Phi) is 6.32. The normalized spacial score (nSPS) is 27.7. The van der Waals surface area contributed by atoms with Gasteiger partial charge in [-0.15, -0.1) is 0 Å². The molecule has 0 aromatic rings. The van der Waals surface area contributed by atoms with Gasteiger partial charge in [-0.25, -0.2) is 0 Å². The minimum atomic E-state index is 0.255. The number of thioether (sulfide) groups is 1. The molecule has 0 spiro atoms. The highest BCUT2D eigenvalue weighted by atomic mass is 32.2. The van der Waals surface area contributed by atoms with Crippen molar-refractivity contribution in [3.63, 3.8) is 0 Å². The molecule has 0 aliphatic carbocycles.